The first-order chi connectivity index (χ1) is 7.81. The van der Waals surface area contributed by atoms with Crippen molar-refractivity contribution < 1.29 is 23.2 Å². The van der Waals surface area contributed by atoms with E-state index in [0.29, 0.717) is 12.8 Å². The molecule has 0 atom stereocenters. The van der Waals surface area contributed by atoms with Gasteiger partial charge in [0.15, 0.2) is 0 Å². The smallest absolute Gasteiger partial charge is 0.358 e. The Kier molecular flexibility index (Phi) is 7.89. The van der Waals surface area contributed by atoms with Crippen molar-refractivity contribution in [1.82, 2.24) is 0 Å². The standard InChI is InChI=1S/C10H23NO5S/c1-2-3-4-5-6-7-8-9-10-17(15,16)11(12,13)14/h12-13H,2-10H2,1H3. The van der Waals surface area contributed by atoms with Gasteiger partial charge in [-0.15, -0.1) is 0 Å². The molecule has 0 unspecified atom stereocenters. The molecule has 0 aromatic rings. The molecule has 0 spiro atoms. The van der Waals surface area contributed by atoms with Crippen molar-refractivity contribution in [2.75, 3.05) is 5.75 Å². The molecule has 0 heterocycles. The summed E-state index contributed by atoms with van der Waals surface area (Å²) in [6, 6.07) is 0. The van der Waals surface area contributed by atoms with Gasteiger partial charge in [-0.1, -0.05) is 51.9 Å². The Morgan fingerprint density at radius 2 is 1.35 bits per heavy atom. The molecule has 0 rings (SSSR count). The lowest BCUT2D eigenvalue weighted by Gasteiger charge is -2.21. The van der Waals surface area contributed by atoms with Gasteiger partial charge in [-0.2, -0.15) is 18.8 Å². The number of hydrogen-bond donors (Lipinski definition) is 2. The third-order valence-electron chi connectivity index (χ3n) is 2.62. The first-order valence-corrected chi connectivity index (χ1v) is 7.70. The van der Waals surface area contributed by atoms with Crippen LogP contribution in [0.4, 0.5) is 0 Å². The number of quaternary nitrogens is 1. The maximum Gasteiger partial charge on any atom is 0.358 e. The summed E-state index contributed by atoms with van der Waals surface area (Å²) in [5.74, 6) is -0.488. The first kappa shape index (κ1) is 16.8. The van der Waals surface area contributed by atoms with Crippen LogP contribution in [0.15, 0.2) is 0 Å². The van der Waals surface area contributed by atoms with Gasteiger partial charge in [0.25, 0.3) is 0 Å². The monoisotopic (exact) mass is 269 g/mol. The summed E-state index contributed by atoms with van der Waals surface area (Å²) in [4.78, 5) is 0. The van der Waals surface area contributed by atoms with E-state index in [4.69, 9.17) is 10.4 Å². The second-order valence-corrected chi connectivity index (χ2v) is 6.30. The minimum absolute atomic E-state index is 0.291. The minimum Gasteiger partial charge on any atom is -0.548 e. The fourth-order valence-electron chi connectivity index (χ4n) is 1.54. The third kappa shape index (κ3) is 7.67. The maximum atomic E-state index is 11.0. The van der Waals surface area contributed by atoms with Crippen LogP contribution in [0.3, 0.4) is 0 Å². The van der Waals surface area contributed by atoms with Crippen molar-refractivity contribution in [3.05, 3.63) is 5.21 Å². The first-order valence-electron chi connectivity index (χ1n) is 6.09. The number of hydrogen-bond acceptors (Lipinski definition) is 5. The molecule has 0 saturated carbocycles. The van der Waals surface area contributed by atoms with E-state index in [2.05, 4.69) is 6.92 Å². The van der Waals surface area contributed by atoms with E-state index in [1.807, 2.05) is 0 Å². The molecule has 0 aliphatic rings. The van der Waals surface area contributed by atoms with Gasteiger partial charge in [-0.25, -0.2) is 0 Å². The highest BCUT2D eigenvalue weighted by molar-refractivity contribution is 7.85. The highest BCUT2D eigenvalue weighted by atomic mass is 32.2. The van der Waals surface area contributed by atoms with Gasteiger partial charge in [-0.3, -0.25) is 0 Å². The summed E-state index contributed by atoms with van der Waals surface area (Å²) in [6.45, 7) is 2.14. The molecule has 0 amide bonds. The lowest BCUT2D eigenvalue weighted by molar-refractivity contribution is -1.12. The van der Waals surface area contributed by atoms with Crippen LogP contribution < -0.4 is 0 Å². The zero-order chi connectivity index (χ0) is 13.4. The Morgan fingerprint density at radius 1 is 0.941 bits per heavy atom. The van der Waals surface area contributed by atoms with E-state index in [-0.39, 0.29) is 0 Å². The Morgan fingerprint density at radius 3 is 1.76 bits per heavy atom. The molecule has 0 aromatic heterocycles. The largest absolute Gasteiger partial charge is 0.548 e. The van der Waals surface area contributed by atoms with Gasteiger partial charge in [0.2, 0.25) is 0 Å². The molecule has 0 aliphatic carbocycles. The van der Waals surface area contributed by atoms with Crippen molar-refractivity contribution in [2.45, 2.75) is 58.3 Å². The average Bonchev–Trinajstić information content (AvgIpc) is 2.20. The Hall–Kier alpha value is -0.210. The predicted octanol–water partition coefficient (Wildman–Crippen LogP) is 2.55. The molecular formula is C10H23NO5S. The second kappa shape index (κ2) is 7.99. The van der Waals surface area contributed by atoms with Crippen LogP contribution in [-0.2, 0) is 10.0 Å². The van der Waals surface area contributed by atoms with Gasteiger partial charge >= 0.3 is 10.0 Å². The maximum absolute atomic E-state index is 11.0. The SMILES string of the molecule is CCCCCCCCCCS(=O)(=O)[N+]([O-])(O)O. The summed E-state index contributed by atoms with van der Waals surface area (Å²) in [5, 5.41) is 27.2. The quantitative estimate of drug-likeness (QED) is 0.361. The van der Waals surface area contributed by atoms with Crippen LogP contribution in [0.2, 0.25) is 0 Å². The van der Waals surface area contributed by atoms with E-state index >= 15 is 0 Å². The zero-order valence-electron chi connectivity index (χ0n) is 10.3. The van der Waals surface area contributed by atoms with Crippen LogP contribution in [0, 0.1) is 5.21 Å². The highest BCUT2D eigenvalue weighted by Crippen LogP contribution is 2.12. The molecule has 0 fully saturated rings. The van der Waals surface area contributed by atoms with E-state index in [0.717, 1.165) is 19.3 Å². The number of nitrogens with zero attached hydrogens (tertiary/aromatic N) is 1. The van der Waals surface area contributed by atoms with Gasteiger partial charge in [0.1, 0.15) is 5.75 Å². The lowest BCUT2D eigenvalue weighted by atomic mass is 10.1. The summed E-state index contributed by atoms with van der Waals surface area (Å²) >= 11 is 0. The van der Waals surface area contributed by atoms with Crippen molar-refractivity contribution in [3.8, 4) is 0 Å². The summed E-state index contributed by atoms with van der Waals surface area (Å²) < 4.78 is 18.8. The van der Waals surface area contributed by atoms with E-state index in [1.165, 1.54) is 19.3 Å². The van der Waals surface area contributed by atoms with Crippen molar-refractivity contribution in [1.29, 1.82) is 0 Å². The number of rotatable bonds is 10. The number of unbranched alkanes of at least 4 members (excludes halogenated alkanes) is 7. The third-order valence-corrected chi connectivity index (χ3v) is 4.15. The predicted molar refractivity (Wildman–Crippen MR) is 63.6 cm³/mol. The van der Waals surface area contributed by atoms with E-state index in [9.17, 15) is 13.6 Å². The normalized spacial score (nSPS) is 12.9. The fraction of sp³-hybridized carbons (Fsp3) is 1.00. The Bertz CT molecular complexity index is 284. The van der Waals surface area contributed by atoms with Crippen molar-refractivity contribution in [3.63, 3.8) is 0 Å². The van der Waals surface area contributed by atoms with Gasteiger partial charge in [0.05, 0.1) is 0 Å². The molecule has 2 N–H and O–H groups in total. The van der Waals surface area contributed by atoms with Crippen LogP contribution in [-0.4, -0.2) is 29.0 Å². The molecule has 6 nitrogen and oxygen atoms in total. The van der Waals surface area contributed by atoms with Gasteiger partial charge in [0, 0.05) is 4.38 Å². The van der Waals surface area contributed by atoms with Crippen molar-refractivity contribution >= 4 is 10.0 Å². The van der Waals surface area contributed by atoms with Gasteiger partial charge in [-0.05, 0) is 6.42 Å². The summed E-state index contributed by atoms with van der Waals surface area (Å²) in [6.07, 6.45) is 7.69. The molecule has 0 aromatic carbocycles. The molecule has 0 radical (unpaired) electrons. The second-order valence-electron chi connectivity index (χ2n) is 4.25. The highest BCUT2D eigenvalue weighted by Gasteiger charge is 2.30. The minimum atomic E-state index is -4.41. The van der Waals surface area contributed by atoms with Gasteiger partial charge < -0.3 is 5.21 Å². The number of sulfonamides is 1. The lowest BCUT2D eigenvalue weighted by Crippen LogP contribution is -2.42. The molecule has 0 bridgehead atoms. The molecule has 17 heavy (non-hydrogen) atoms. The topological polar surface area (TPSA) is 97.7 Å². The Balaban J connectivity index is 3.53. The molecule has 104 valence electrons. The van der Waals surface area contributed by atoms with E-state index < -0.39 is 20.2 Å². The van der Waals surface area contributed by atoms with Crippen LogP contribution in [0.1, 0.15) is 58.3 Å². The Labute approximate surface area is 103 Å². The van der Waals surface area contributed by atoms with Crippen LogP contribution >= 0.6 is 0 Å². The molecule has 0 aliphatic heterocycles. The zero-order valence-corrected chi connectivity index (χ0v) is 11.2. The van der Waals surface area contributed by atoms with Crippen LogP contribution in [0.25, 0.3) is 0 Å². The van der Waals surface area contributed by atoms with E-state index in [1.54, 1.807) is 0 Å². The van der Waals surface area contributed by atoms with Crippen LogP contribution in [0.5, 0.6) is 0 Å². The molecule has 7 heteroatoms. The molecular weight excluding hydrogens is 246 g/mol. The summed E-state index contributed by atoms with van der Waals surface area (Å²) in [7, 11) is -4.41. The van der Waals surface area contributed by atoms with Crippen molar-refractivity contribution in [2.24, 2.45) is 0 Å². The summed E-state index contributed by atoms with van der Waals surface area (Å²) in [5.41, 5.74) is 0. The molecule has 0 saturated heterocycles. The fourth-order valence-corrected chi connectivity index (χ4v) is 2.34. The average molecular weight is 269 g/mol.